The average Bonchev–Trinajstić information content (AvgIpc) is 2.86. The van der Waals surface area contributed by atoms with Crippen molar-refractivity contribution in [1.29, 1.82) is 0 Å². The topological polar surface area (TPSA) is 65.4 Å². The van der Waals surface area contributed by atoms with Crippen LogP contribution in [0.5, 0.6) is 11.5 Å². The molecule has 1 aliphatic heterocycles. The van der Waals surface area contributed by atoms with Crippen molar-refractivity contribution in [1.82, 2.24) is 15.1 Å². The van der Waals surface area contributed by atoms with Crippen molar-refractivity contribution in [2.45, 2.75) is 19.9 Å². The Hall–Kier alpha value is -2.50. The number of amides is 1. The molecule has 0 aliphatic carbocycles. The van der Waals surface area contributed by atoms with E-state index in [0.717, 1.165) is 11.3 Å². The number of fused-ring (bicyclic) bond motifs is 1. The number of benzene rings is 1. The lowest BCUT2D eigenvalue weighted by Crippen LogP contribution is -2.27. The van der Waals surface area contributed by atoms with Crippen molar-refractivity contribution >= 4 is 5.91 Å². The summed E-state index contributed by atoms with van der Waals surface area (Å²) in [6.07, 6.45) is 1.78. The molecular weight excluding hydrogens is 282 g/mol. The summed E-state index contributed by atoms with van der Waals surface area (Å²) >= 11 is 0. The number of carbonyl (C=O) groups excluding carboxylic acids is 1. The van der Waals surface area contributed by atoms with Gasteiger partial charge in [-0.15, -0.1) is 0 Å². The molecule has 1 unspecified atom stereocenters. The zero-order valence-corrected chi connectivity index (χ0v) is 12.9. The lowest BCUT2D eigenvalue weighted by Gasteiger charge is -2.19. The number of nitrogens with zero attached hydrogens (tertiary/aromatic N) is 2. The Bertz CT molecular complexity index is 709. The molecule has 22 heavy (non-hydrogen) atoms. The van der Waals surface area contributed by atoms with Crippen molar-refractivity contribution in [3.8, 4) is 11.5 Å². The van der Waals surface area contributed by atoms with E-state index in [0.29, 0.717) is 30.3 Å². The van der Waals surface area contributed by atoms with Crippen LogP contribution in [0, 0.1) is 6.92 Å². The van der Waals surface area contributed by atoms with Crippen LogP contribution in [0.15, 0.2) is 24.4 Å². The minimum atomic E-state index is -0.146. The Balaban J connectivity index is 1.75. The van der Waals surface area contributed by atoms with Crippen LogP contribution in [0.25, 0.3) is 0 Å². The molecule has 0 radical (unpaired) electrons. The molecule has 1 amide bonds. The van der Waals surface area contributed by atoms with Gasteiger partial charge in [-0.05, 0) is 32.0 Å². The van der Waals surface area contributed by atoms with Crippen LogP contribution in [0.4, 0.5) is 0 Å². The zero-order valence-electron chi connectivity index (χ0n) is 12.9. The van der Waals surface area contributed by atoms with E-state index in [2.05, 4.69) is 10.4 Å². The Labute approximate surface area is 129 Å². The molecule has 1 aromatic carbocycles. The van der Waals surface area contributed by atoms with Gasteiger partial charge in [-0.25, -0.2) is 0 Å². The quantitative estimate of drug-likeness (QED) is 0.941. The van der Waals surface area contributed by atoms with Crippen LogP contribution in [-0.2, 0) is 7.05 Å². The predicted octanol–water partition coefficient (Wildman–Crippen LogP) is 1.99. The fourth-order valence-electron chi connectivity index (χ4n) is 2.48. The van der Waals surface area contributed by atoms with Crippen molar-refractivity contribution in [2.24, 2.45) is 7.05 Å². The first-order chi connectivity index (χ1) is 10.6. The van der Waals surface area contributed by atoms with E-state index in [9.17, 15) is 4.79 Å². The molecule has 0 fully saturated rings. The van der Waals surface area contributed by atoms with Gasteiger partial charge in [-0.3, -0.25) is 9.48 Å². The monoisotopic (exact) mass is 301 g/mol. The van der Waals surface area contributed by atoms with Crippen molar-refractivity contribution in [2.75, 3.05) is 13.2 Å². The molecule has 6 nitrogen and oxygen atoms in total. The molecule has 0 spiro atoms. The minimum absolute atomic E-state index is 0.116. The van der Waals surface area contributed by atoms with Gasteiger partial charge >= 0.3 is 0 Å². The second-order valence-corrected chi connectivity index (χ2v) is 5.36. The molecule has 0 bridgehead atoms. The first kappa shape index (κ1) is 14.4. The summed E-state index contributed by atoms with van der Waals surface area (Å²) in [5.41, 5.74) is 2.60. The Morgan fingerprint density at radius 1 is 1.32 bits per heavy atom. The minimum Gasteiger partial charge on any atom is -0.486 e. The van der Waals surface area contributed by atoms with Gasteiger partial charge in [0, 0.05) is 23.9 Å². The molecule has 1 N–H and O–H groups in total. The number of nitrogens with one attached hydrogen (secondary N) is 1. The highest BCUT2D eigenvalue weighted by Crippen LogP contribution is 2.30. The molecule has 116 valence electrons. The second kappa shape index (κ2) is 5.71. The molecular formula is C16H19N3O3. The highest BCUT2D eigenvalue weighted by molar-refractivity contribution is 5.95. The van der Waals surface area contributed by atoms with E-state index in [-0.39, 0.29) is 11.9 Å². The van der Waals surface area contributed by atoms with Gasteiger partial charge in [0.15, 0.2) is 11.5 Å². The summed E-state index contributed by atoms with van der Waals surface area (Å²) in [4.78, 5) is 12.4. The van der Waals surface area contributed by atoms with Gasteiger partial charge in [0.25, 0.3) is 5.91 Å². The van der Waals surface area contributed by atoms with E-state index in [4.69, 9.17) is 9.47 Å². The van der Waals surface area contributed by atoms with Crippen LogP contribution in [0.3, 0.4) is 0 Å². The van der Waals surface area contributed by atoms with E-state index in [1.54, 1.807) is 29.1 Å². The van der Waals surface area contributed by atoms with E-state index < -0.39 is 0 Å². The molecule has 1 aromatic heterocycles. The third kappa shape index (κ3) is 2.64. The third-order valence-corrected chi connectivity index (χ3v) is 3.89. The second-order valence-electron chi connectivity index (χ2n) is 5.36. The van der Waals surface area contributed by atoms with Gasteiger partial charge in [-0.2, -0.15) is 5.10 Å². The van der Waals surface area contributed by atoms with Crippen LogP contribution in [0.1, 0.15) is 34.6 Å². The highest BCUT2D eigenvalue weighted by Gasteiger charge is 2.18. The van der Waals surface area contributed by atoms with E-state index in [1.807, 2.05) is 20.9 Å². The SMILES string of the molecule is Cc1c(C(C)NC(=O)c2ccc3c(c2)OCCO3)cnn1C. The number of hydrogen-bond donors (Lipinski definition) is 1. The summed E-state index contributed by atoms with van der Waals surface area (Å²) in [5, 5.41) is 7.19. The Kier molecular flexibility index (Phi) is 3.75. The third-order valence-electron chi connectivity index (χ3n) is 3.89. The lowest BCUT2D eigenvalue weighted by atomic mass is 10.1. The van der Waals surface area contributed by atoms with E-state index >= 15 is 0 Å². The summed E-state index contributed by atoms with van der Waals surface area (Å²) in [6, 6.07) is 5.11. The number of ether oxygens (including phenoxy) is 2. The van der Waals surface area contributed by atoms with Gasteiger partial charge in [0.1, 0.15) is 13.2 Å². The molecule has 1 aliphatic rings. The Morgan fingerprint density at radius 3 is 2.73 bits per heavy atom. The fourth-order valence-corrected chi connectivity index (χ4v) is 2.48. The number of aromatic nitrogens is 2. The van der Waals surface area contributed by atoms with Gasteiger partial charge < -0.3 is 14.8 Å². The average molecular weight is 301 g/mol. The fraction of sp³-hybridized carbons (Fsp3) is 0.375. The lowest BCUT2D eigenvalue weighted by molar-refractivity contribution is 0.0938. The molecule has 2 heterocycles. The number of carbonyl (C=O) groups is 1. The largest absolute Gasteiger partial charge is 0.486 e. The predicted molar refractivity (Wildman–Crippen MR) is 81.3 cm³/mol. The zero-order chi connectivity index (χ0) is 15.7. The molecule has 3 rings (SSSR count). The first-order valence-corrected chi connectivity index (χ1v) is 7.25. The molecule has 0 saturated carbocycles. The van der Waals surface area contributed by atoms with Crippen LogP contribution >= 0.6 is 0 Å². The standard InChI is InChI=1S/C16H19N3O3/c1-10(13-9-17-19(3)11(13)2)18-16(20)12-4-5-14-15(8-12)22-7-6-21-14/h4-5,8-10H,6-7H2,1-3H3,(H,18,20). The van der Waals surface area contributed by atoms with Crippen LogP contribution in [0.2, 0.25) is 0 Å². The van der Waals surface area contributed by atoms with E-state index in [1.165, 1.54) is 0 Å². The normalized spacial score (nSPS) is 14.5. The molecule has 1 atom stereocenters. The van der Waals surface area contributed by atoms with Crippen LogP contribution in [-0.4, -0.2) is 28.9 Å². The summed E-state index contributed by atoms with van der Waals surface area (Å²) in [7, 11) is 1.88. The smallest absolute Gasteiger partial charge is 0.251 e. The maximum Gasteiger partial charge on any atom is 0.251 e. The highest BCUT2D eigenvalue weighted by atomic mass is 16.6. The van der Waals surface area contributed by atoms with Gasteiger partial charge in [-0.1, -0.05) is 0 Å². The molecule has 0 saturated heterocycles. The molecule has 2 aromatic rings. The van der Waals surface area contributed by atoms with Crippen molar-refractivity contribution in [3.63, 3.8) is 0 Å². The van der Waals surface area contributed by atoms with Crippen LogP contribution < -0.4 is 14.8 Å². The van der Waals surface area contributed by atoms with Gasteiger partial charge in [0.2, 0.25) is 0 Å². The summed E-state index contributed by atoms with van der Waals surface area (Å²) in [5.74, 6) is 1.15. The molecule has 6 heteroatoms. The Morgan fingerprint density at radius 2 is 2.05 bits per heavy atom. The number of aryl methyl sites for hydroxylation is 1. The maximum absolute atomic E-state index is 12.4. The maximum atomic E-state index is 12.4. The van der Waals surface area contributed by atoms with Crippen molar-refractivity contribution < 1.29 is 14.3 Å². The summed E-state index contributed by atoms with van der Waals surface area (Å²) < 4.78 is 12.8. The first-order valence-electron chi connectivity index (χ1n) is 7.25. The number of rotatable bonds is 3. The van der Waals surface area contributed by atoms with Gasteiger partial charge in [0.05, 0.1) is 12.2 Å². The number of hydrogen-bond acceptors (Lipinski definition) is 4. The van der Waals surface area contributed by atoms with Crippen molar-refractivity contribution in [3.05, 3.63) is 41.2 Å². The summed E-state index contributed by atoms with van der Waals surface area (Å²) in [6.45, 7) is 4.97.